The number of carbonyl (C=O) groups excluding carboxylic acids is 1. The second kappa shape index (κ2) is 6.74. The van der Waals surface area contributed by atoms with Gasteiger partial charge in [-0.3, -0.25) is 4.79 Å². The summed E-state index contributed by atoms with van der Waals surface area (Å²) in [6.45, 7) is 2.64. The Bertz CT molecular complexity index is 519. The van der Waals surface area contributed by atoms with Crippen LogP contribution in [-0.2, 0) is 11.2 Å². The molecule has 1 fully saturated rings. The van der Waals surface area contributed by atoms with Crippen LogP contribution in [0.4, 0.5) is 0 Å². The van der Waals surface area contributed by atoms with Crippen molar-refractivity contribution in [2.24, 2.45) is 5.41 Å². The first kappa shape index (κ1) is 15.5. The minimum atomic E-state index is -0.920. The van der Waals surface area contributed by atoms with Gasteiger partial charge in [0.25, 0.3) is 0 Å². The van der Waals surface area contributed by atoms with Crippen LogP contribution in [0, 0.1) is 5.41 Å². The van der Waals surface area contributed by atoms with E-state index in [1.54, 1.807) is 18.2 Å². The molecular formula is C17H23NO3. The number of aromatic carboxylic acids is 1. The molecule has 0 heterocycles. The van der Waals surface area contributed by atoms with E-state index >= 15 is 0 Å². The van der Waals surface area contributed by atoms with E-state index in [9.17, 15) is 9.59 Å². The molecule has 0 unspecified atom stereocenters. The summed E-state index contributed by atoms with van der Waals surface area (Å²) in [5.74, 6) is -0.756. The molecule has 0 spiro atoms. The highest BCUT2D eigenvalue weighted by molar-refractivity contribution is 5.87. The van der Waals surface area contributed by atoms with Crippen molar-refractivity contribution in [3.63, 3.8) is 0 Å². The van der Waals surface area contributed by atoms with Gasteiger partial charge in [0.1, 0.15) is 0 Å². The van der Waals surface area contributed by atoms with E-state index in [2.05, 4.69) is 12.2 Å². The van der Waals surface area contributed by atoms with Gasteiger partial charge in [0.05, 0.1) is 5.56 Å². The van der Waals surface area contributed by atoms with Crippen molar-refractivity contribution >= 4 is 11.9 Å². The zero-order chi connectivity index (χ0) is 15.3. The van der Waals surface area contributed by atoms with Crippen LogP contribution in [0.1, 0.15) is 54.9 Å². The van der Waals surface area contributed by atoms with Gasteiger partial charge in [0.15, 0.2) is 0 Å². The van der Waals surface area contributed by atoms with Crippen LogP contribution in [0.2, 0.25) is 0 Å². The molecule has 4 heteroatoms. The molecule has 1 amide bonds. The zero-order valence-electron chi connectivity index (χ0n) is 12.5. The van der Waals surface area contributed by atoms with Crippen LogP contribution < -0.4 is 5.32 Å². The fraction of sp³-hybridized carbons (Fsp3) is 0.529. The minimum absolute atomic E-state index is 0.164. The van der Waals surface area contributed by atoms with E-state index < -0.39 is 5.97 Å². The molecule has 21 heavy (non-hydrogen) atoms. The van der Waals surface area contributed by atoms with Gasteiger partial charge in [-0.25, -0.2) is 4.79 Å². The summed E-state index contributed by atoms with van der Waals surface area (Å²) in [5, 5.41) is 12.0. The lowest BCUT2D eigenvalue weighted by Gasteiger charge is -2.26. The predicted molar refractivity (Wildman–Crippen MR) is 81.3 cm³/mol. The molecule has 1 aromatic rings. The Kier molecular flexibility index (Phi) is 4.99. The third-order valence-corrected chi connectivity index (χ3v) is 4.59. The Labute approximate surface area is 125 Å². The number of hydrogen-bond acceptors (Lipinski definition) is 2. The number of hydrogen-bond donors (Lipinski definition) is 2. The Hall–Kier alpha value is -1.84. The highest BCUT2D eigenvalue weighted by Gasteiger charge is 2.38. The van der Waals surface area contributed by atoms with Crippen molar-refractivity contribution < 1.29 is 14.7 Å². The Balaban J connectivity index is 1.88. The average Bonchev–Trinajstić information content (AvgIpc) is 2.97. The molecular weight excluding hydrogens is 266 g/mol. The standard InChI is InChI=1S/C17H23NO3/c1-2-17(9-3-4-10-17)16(21)18-11-8-13-6-5-7-14(12-13)15(19)20/h5-7,12H,2-4,8-11H2,1H3,(H,18,21)(H,19,20). The maximum Gasteiger partial charge on any atom is 0.335 e. The van der Waals surface area contributed by atoms with E-state index in [0.29, 0.717) is 18.5 Å². The van der Waals surface area contributed by atoms with Crippen molar-refractivity contribution in [3.05, 3.63) is 35.4 Å². The Morgan fingerprint density at radius 3 is 2.62 bits per heavy atom. The fourth-order valence-electron chi connectivity index (χ4n) is 3.16. The monoisotopic (exact) mass is 289 g/mol. The molecule has 114 valence electrons. The number of carboxylic acids is 1. The molecule has 2 rings (SSSR count). The highest BCUT2D eigenvalue weighted by Crippen LogP contribution is 2.40. The highest BCUT2D eigenvalue weighted by atomic mass is 16.4. The Morgan fingerprint density at radius 1 is 1.29 bits per heavy atom. The number of amides is 1. The van der Waals surface area contributed by atoms with Gasteiger partial charge in [0, 0.05) is 12.0 Å². The molecule has 0 atom stereocenters. The molecule has 0 saturated heterocycles. The zero-order valence-corrected chi connectivity index (χ0v) is 12.5. The summed E-state index contributed by atoms with van der Waals surface area (Å²) in [4.78, 5) is 23.3. The molecule has 0 radical (unpaired) electrons. The minimum Gasteiger partial charge on any atom is -0.478 e. The second-order valence-corrected chi connectivity index (χ2v) is 5.85. The molecule has 0 bridgehead atoms. The van der Waals surface area contributed by atoms with Crippen molar-refractivity contribution in [1.29, 1.82) is 0 Å². The molecule has 1 aromatic carbocycles. The number of benzene rings is 1. The van der Waals surface area contributed by atoms with E-state index in [0.717, 1.165) is 37.7 Å². The maximum atomic E-state index is 12.4. The molecule has 0 aromatic heterocycles. The number of rotatable bonds is 6. The van der Waals surface area contributed by atoms with Gasteiger partial charge in [-0.2, -0.15) is 0 Å². The van der Waals surface area contributed by atoms with Crippen LogP contribution in [0.15, 0.2) is 24.3 Å². The average molecular weight is 289 g/mol. The summed E-state index contributed by atoms with van der Waals surface area (Å²) in [5.41, 5.74) is 1.06. The van der Waals surface area contributed by atoms with Crippen molar-refractivity contribution in [2.45, 2.75) is 45.4 Å². The normalized spacial score (nSPS) is 16.6. The third kappa shape index (κ3) is 3.63. The lowest BCUT2D eigenvalue weighted by atomic mass is 9.82. The summed E-state index contributed by atoms with van der Waals surface area (Å²) < 4.78 is 0. The SMILES string of the molecule is CCC1(C(=O)NCCc2cccc(C(=O)O)c2)CCCC1. The van der Waals surface area contributed by atoms with E-state index in [4.69, 9.17) is 5.11 Å². The van der Waals surface area contributed by atoms with Crippen molar-refractivity contribution in [1.82, 2.24) is 5.32 Å². The first-order chi connectivity index (χ1) is 10.1. The number of nitrogens with one attached hydrogen (secondary N) is 1. The van der Waals surface area contributed by atoms with Crippen LogP contribution >= 0.6 is 0 Å². The van der Waals surface area contributed by atoms with Crippen molar-refractivity contribution in [2.75, 3.05) is 6.54 Å². The summed E-state index contributed by atoms with van der Waals surface area (Å²) in [6.07, 6.45) is 5.82. The molecule has 1 aliphatic carbocycles. The molecule has 4 nitrogen and oxygen atoms in total. The quantitative estimate of drug-likeness (QED) is 0.846. The first-order valence-corrected chi connectivity index (χ1v) is 7.68. The predicted octanol–water partition coefficient (Wildman–Crippen LogP) is 3.01. The summed E-state index contributed by atoms with van der Waals surface area (Å²) >= 11 is 0. The topological polar surface area (TPSA) is 66.4 Å². The summed E-state index contributed by atoms with van der Waals surface area (Å²) in [7, 11) is 0. The number of carboxylic acid groups (broad SMARTS) is 1. The van der Waals surface area contributed by atoms with E-state index in [1.165, 1.54) is 0 Å². The Morgan fingerprint density at radius 2 is 2.00 bits per heavy atom. The van der Waals surface area contributed by atoms with Gasteiger partial charge in [0.2, 0.25) is 5.91 Å². The van der Waals surface area contributed by atoms with E-state index in [1.807, 2.05) is 6.07 Å². The van der Waals surface area contributed by atoms with Gasteiger partial charge < -0.3 is 10.4 Å². The van der Waals surface area contributed by atoms with Gasteiger partial charge in [-0.05, 0) is 43.4 Å². The molecule has 1 saturated carbocycles. The maximum absolute atomic E-state index is 12.4. The third-order valence-electron chi connectivity index (χ3n) is 4.59. The van der Waals surface area contributed by atoms with Gasteiger partial charge >= 0.3 is 5.97 Å². The smallest absolute Gasteiger partial charge is 0.335 e. The van der Waals surface area contributed by atoms with Crippen LogP contribution in [0.3, 0.4) is 0 Å². The first-order valence-electron chi connectivity index (χ1n) is 7.68. The lowest BCUT2D eigenvalue weighted by molar-refractivity contribution is -0.131. The number of carbonyl (C=O) groups is 2. The molecule has 2 N–H and O–H groups in total. The lowest BCUT2D eigenvalue weighted by Crippen LogP contribution is -2.39. The van der Waals surface area contributed by atoms with Crippen LogP contribution in [0.25, 0.3) is 0 Å². The van der Waals surface area contributed by atoms with Crippen LogP contribution in [-0.4, -0.2) is 23.5 Å². The van der Waals surface area contributed by atoms with E-state index in [-0.39, 0.29) is 11.3 Å². The second-order valence-electron chi connectivity index (χ2n) is 5.85. The largest absolute Gasteiger partial charge is 0.478 e. The van der Waals surface area contributed by atoms with Gasteiger partial charge in [-0.15, -0.1) is 0 Å². The van der Waals surface area contributed by atoms with Crippen molar-refractivity contribution in [3.8, 4) is 0 Å². The molecule has 1 aliphatic rings. The fourth-order valence-corrected chi connectivity index (χ4v) is 3.16. The van der Waals surface area contributed by atoms with Crippen LogP contribution in [0.5, 0.6) is 0 Å². The molecule has 0 aliphatic heterocycles. The van der Waals surface area contributed by atoms with Gasteiger partial charge in [-0.1, -0.05) is 31.9 Å². The summed E-state index contributed by atoms with van der Waals surface area (Å²) in [6, 6.07) is 6.88.